The topological polar surface area (TPSA) is 25.8 Å². The van der Waals surface area contributed by atoms with Crippen LogP contribution in [0, 0.1) is 0 Å². The SMILES string of the molecule is CCCCCCCCc1ccccc1-c1c(CCCCCCCC)c(Br)c(Br)c(-c2ccncc2)c1-c1ccncc1. The van der Waals surface area contributed by atoms with Crippen LogP contribution in [0.25, 0.3) is 33.4 Å². The predicted octanol–water partition coefficient (Wildman–Crippen LogP) is 12.8. The molecule has 2 aromatic carbocycles. The second kappa shape index (κ2) is 17.7. The number of unbranched alkanes of at least 4 members (excludes halogenated alkanes) is 10. The van der Waals surface area contributed by atoms with Gasteiger partial charge in [0, 0.05) is 39.3 Å². The van der Waals surface area contributed by atoms with Crippen molar-refractivity contribution in [2.45, 2.75) is 104 Å². The highest BCUT2D eigenvalue weighted by molar-refractivity contribution is 9.13. The minimum absolute atomic E-state index is 1.04. The molecule has 2 nitrogen and oxygen atoms in total. The molecular weight excluding hydrogens is 644 g/mol. The summed E-state index contributed by atoms with van der Waals surface area (Å²) in [6, 6.07) is 17.7. The average Bonchev–Trinajstić information content (AvgIpc) is 3.03. The Kier molecular flexibility index (Phi) is 13.8. The lowest BCUT2D eigenvalue weighted by atomic mass is 9.82. The standard InChI is InChI=1S/C38H46Br2N2/c1-3-5-7-9-11-13-17-29-18-15-16-19-32(29)36-33(20-14-12-10-8-6-4-2)37(39)38(40)35(31-23-27-42-28-24-31)34(36)30-21-25-41-26-22-30/h15-16,18-19,21-28H,3-14,17,20H2,1-2H3. The summed E-state index contributed by atoms with van der Waals surface area (Å²) >= 11 is 8.19. The van der Waals surface area contributed by atoms with Crippen LogP contribution in [-0.4, -0.2) is 9.97 Å². The Balaban J connectivity index is 1.87. The monoisotopic (exact) mass is 688 g/mol. The zero-order valence-corrected chi connectivity index (χ0v) is 28.7. The quantitative estimate of drug-likeness (QED) is 0.103. The molecule has 4 rings (SSSR count). The summed E-state index contributed by atoms with van der Waals surface area (Å²) in [5.41, 5.74) is 10.4. The number of hydrogen-bond donors (Lipinski definition) is 0. The molecule has 0 atom stereocenters. The number of hydrogen-bond acceptors (Lipinski definition) is 2. The molecule has 4 aromatic rings. The van der Waals surface area contributed by atoms with Crippen LogP contribution in [0.1, 0.15) is 102 Å². The molecule has 0 saturated carbocycles. The molecule has 0 amide bonds. The zero-order valence-electron chi connectivity index (χ0n) is 25.5. The van der Waals surface area contributed by atoms with Gasteiger partial charge in [0.25, 0.3) is 0 Å². The Labute approximate surface area is 271 Å². The molecule has 0 bridgehead atoms. The summed E-state index contributed by atoms with van der Waals surface area (Å²) in [5, 5.41) is 0. The molecule has 2 aromatic heterocycles. The summed E-state index contributed by atoms with van der Waals surface area (Å²) < 4.78 is 2.28. The molecule has 4 heteroatoms. The predicted molar refractivity (Wildman–Crippen MR) is 188 cm³/mol. The van der Waals surface area contributed by atoms with Gasteiger partial charge in [-0.3, -0.25) is 9.97 Å². The Hall–Kier alpha value is -2.30. The number of pyridine rings is 2. The van der Waals surface area contributed by atoms with Crippen molar-refractivity contribution in [1.29, 1.82) is 0 Å². The molecule has 0 aliphatic heterocycles. The van der Waals surface area contributed by atoms with Crippen LogP contribution in [0.4, 0.5) is 0 Å². The first-order valence-electron chi connectivity index (χ1n) is 16.1. The number of nitrogens with zero attached hydrogens (tertiary/aromatic N) is 2. The van der Waals surface area contributed by atoms with E-state index in [-0.39, 0.29) is 0 Å². The van der Waals surface area contributed by atoms with Crippen LogP contribution in [-0.2, 0) is 12.8 Å². The van der Waals surface area contributed by atoms with Gasteiger partial charge in [0.2, 0.25) is 0 Å². The molecule has 0 N–H and O–H groups in total. The fourth-order valence-corrected chi connectivity index (χ4v) is 7.29. The Morgan fingerprint density at radius 2 is 1.00 bits per heavy atom. The summed E-state index contributed by atoms with van der Waals surface area (Å²) in [7, 11) is 0. The lowest BCUT2D eigenvalue weighted by Crippen LogP contribution is -2.03. The van der Waals surface area contributed by atoms with Crippen LogP contribution in [0.3, 0.4) is 0 Å². The van der Waals surface area contributed by atoms with Gasteiger partial charge in [-0.15, -0.1) is 0 Å². The zero-order chi connectivity index (χ0) is 29.6. The average molecular weight is 691 g/mol. The molecule has 0 unspecified atom stereocenters. The third kappa shape index (κ3) is 8.63. The van der Waals surface area contributed by atoms with E-state index < -0.39 is 0 Å². The molecular formula is C38H46Br2N2. The number of halogens is 2. The van der Waals surface area contributed by atoms with Crippen molar-refractivity contribution >= 4 is 31.9 Å². The van der Waals surface area contributed by atoms with Gasteiger partial charge in [0.15, 0.2) is 0 Å². The normalized spacial score (nSPS) is 11.2. The third-order valence-electron chi connectivity index (χ3n) is 8.28. The highest BCUT2D eigenvalue weighted by Gasteiger charge is 2.25. The largest absolute Gasteiger partial charge is 0.265 e. The van der Waals surface area contributed by atoms with Crippen LogP contribution >= 0.6 is 31.9 Å². The van der Waals surface area contributed by atoms with Gasteiger partial charge in [-0.2, -0.15) is 0 Å². The van der Waals surface area contributed by atoms with Crippen molar-refractivity contribution in [2.24, 2.45) is 0 Å². The highest BCUT2D eigenvalue weighted by Crippen LogP contribution is 2.51. The molecule has 42 heavy (non-hydrogen) atoms. The van der Waals surface area contributed by atoms with E-state index in [0.29, 0.717) is 0 Å². The first kappa shape index (κ1) is 32.6. The first-order valence-corrected chi connectivity index (χ1v) is 17.7. The van der Waals surface area contributed by atoms with E-state index in [9.17, 15) is 0 Å². The molecule has 0 radical (unpaired) electrons. The van der Waals surface area contributed by atoms with Crippen molar-refractivity contribution in [3.05, 3.63) is 93.4 Å². The van der Waals surface area contributed by atoms with Gasteiger partial charge < -0.3 is 0 Å². The van der Waals surface area contributed by atoms with Crippen molar-refractivity contribution in [3.63, 3.8) is 0 Å². The van der Waals surface area contributed by atoms with E-state index in [0.717, 1.165) is 22.9 Å². The third-order valence-corrected chi connectivity index (χ3v) is 10.5. The van der Waals surface area contributed by atoms with E-state index in [1.165, 1.54) is 120 Å². The molecule has 0 fully saturated rings. The van der Waals surface area contributed by atoms with Crippen molar-refractivity contribution < 1.29 is 0 Å². The van der Waals surface area contributed by atoms with E-state index >= 15 is 0 Å². The minimum atomic E-state index is 1.04. The maximum absolute atomic E-state index is 4.38. The van der Waals surface area contributed by atoms with E-state index in [2.05, 4.69) is 104 Å². The second-order valence-corrected chi connectivity index (χ2v) is 13.0. The molecule has 2 heterocycles. The number of aryl methyl sites for hydroxylation is 1. The Bertz CT molecular complexity index is 1370. The van der Waals surface area contributed by atoms with Crippen LogP contribution in [0.2, 0.25) is 0 Å². The van der Waals surface area contributed by atoms with Crippen molar-refractivity contribution in [3.8, 4) is 33.4 Å². The maximum Gasteiger partial charge on any atom is 0.0405 e. The van der Waals surface area contributed by atoms with Gasteiger partial charge in [0.1, 0.15) is 0 Å². The van der Waals surface area contributed by atoms with Gasteiger partial charge in [-0.25, -0.2) is 0 Å². The van der Waals surface area contributed by atoms with Crippen molar-refractivity contribution in [2.75, 3.05) is 0 Å². The molecule has 222 valence electrons. The minimum Gasteiger partial charge on any atom is -0.265 e. The van der Waals surface area contributed by atoms with Crippen LogP contribution in [0.15, 0.2) is 82.3 Å². The molecule has 0 aliphatic rings. The summed E-state index contributed by atoms with van der Waals surface area (Å²) in [6.45, 7) is 4.57. The summed E-state index contributed by atoms with van der Waals surface area (Å²) in [5.74, 6) is 0. The highest BCUT2D eigenvalue weighted by atomic mass is 79.9. The van der Waals surface area contributed by atoms with Gasteiger partial charge in [0.05, 0.1) is 0 Å². The van der Waals surface area contributed by atoms with E-state index in [1.807, 2.05) is 24.8 Å². The summed E-state index contributed by atoms with van der Waals surface area (Å²) in [4.78, 5) is 8.71. The van der Waals surface area contributed by atoms with Gasteiger partial charge >= 0.3 is 0 Å². The molecule has 0 spiro atoms. The lowest BCUT2D eigenvalue weighted by Gasteiger charge is -2.25. The van der Waals surface area contributed by atoms with E-state index in [1.54, 1.807) is 0 Å². The summed E-state index contributed by atoms with van der Waals surface area (Å²) in [6.07, 6.45) is 25.3. The first-order chi connectivity index (χ1) is 20.7. The van der Waals surface area contributed by atoms with Crippen LogP contribution in [0.5, 0.6) is 0 Å². The van der Waals surface area contributed by atoms with Crippen molar-refractivity contribution in [1.82, 2.24) is 9.97 Å². The van der Waals surface area contributed by atoms with Gasteiger partial charge in [-0.05, 0) is 121 Å². The molecule has 0 aliphatic carbocycles. The second-order valence-electron chi connectivity index (χ2n) is 11.4. The Morgan fingerprint density at radius 1 is 0.500 bits per heavy atom. The molecule has 0 saturated heterocycles. The van der Waals surface area contributed by atoms with E-state index in [4.69, 9.17) is 0 Å². The van der Waals surface area contributed by atoms with Gasteiger partial charge in [-0.1, -0.05) is 102 Å². The fourth-order valence-electron chi connectivity index (χ4n) is 6.03. The fraction of sp³-hybridized carbons (Fsp3) is 0.421. The van der Waals surface area contributed by atoms with Crippen LogP contribution < -0.4 is 0 Å². The maximum atomic E-state index is 4.38. The number of benzene rings is 2. The smallest absolute Gasteiger partial charge is 0.0405 e. The number of aromatic nitrogens is 2. The lowest BCUT2D eigenvalue weighted by molar-refractivity contribution is 0.606. The Morgan fingerprint density at radius 3 is 1.60 bits per heavy atom. The number of rotatable bonds is 17.